The Morgan fingerprint density at radius 2 is 2.25 bits per heavy atom. The normalized spacial score (nSPS) is 11.0. The van der Waals surface area contributed by atoms with Crippen LogP contribution in [0.1, 0.15) is 30.8 Å². The number of oxazole rings is 1. The second-order valence-corrected chi connectivity index (χ2v) is 7.06. The highest BCUT2D eigenvalue weighted by molar-refractivity contribution is 6.32. The maximum atomic E-state index is 12.5. The molecular formula is C19H22ClN5O3. The van der Waals surface area contributed by atoms with Crippen LogP contribution in [0.3, 0.4) is 0 Å². The van der Waals surface area contributed by atoms with Crippen molar-refractivity contribution in [2.24, 2.45) is 5.92 Å². The van der Waals surface area contributed by atoms with Crippen molar-refractivity contribution in [1.29, 1.82) is 0 Å². The van der Waals surface area contributed by atoms with E-state index in [2.05, 4.69) is 34.2 Å². The molecule has 0 saturated heterocycles. The van der Waals surface area contributed by atoms with Gasteiger partial charge in [0.05, 0.1) is 11.6 Å². The van der Waals surface area contributed by atoms with Crippen molar-refractivity contribution in [2.75, 3.05) is 13.2 Å². The van der Waals surface area contributed by atoms with Gasteiger partial charge in [0.1, 0.15) is 18.4 Å². The lowest BCUT2D eigenvalue weighted by molar-refractivity contribution is 0.0948. The number of nitrogens with one attached hydrogen (secondary N) is 1. The zero-order valence-electron chi connectivity index (χ0n) is 15.8. The molecule has 0 radical (unpaired) electrons. The number of benzene rings is 1. The van der Waals surface area contributed by atoms with Crippen molar-refractivity contribution in [3.8, 4) is 17.1 Å². The largest absolute Gasteiger partial charge is 0.492 e. The number of hydrogen-bond acceptors (Lipinski definition) is 6. The summed E-state index contributed by atoms with van der Waals surface area (Å²) in [6, 6.07) is 5.27. The molecule has 28 heavy (non-hydrogen) atoms. The van der Waals surface area contributed by atoms with E-state index in [0.717, 1.165) is 6.42 Å². The van der Waals surface area contributed by atoms with Crippen LogP contribution in [0.5, 0.6) is 5.75 Å². The molecule has 148 valence electrons. The fraction of sp³-hybridized carbons (Fsp3) is 0.368. The van der Waals surface area contributed by atoms with E-state index in [1.807, 2.05) is 0 Å². The first kappa shape index (κ1) is 19.9. The van der Waals surface area contributed by atoms with Crippen LogP contribution in [0.2, 0.25) is 5.02 Å². The molecule has 0 saturated carbocycles. The monoisotopic (exact) mass is 403 g/mol. The van der Waals surface area contributed by atoms with Crippen molar-refractivity contribution in [3.05, 3.63) is 48.0 Å². The third-order valence-electron chi connectivity index (χ3n) is 3.86. The summed E-state index contributed by atoms with van der Waals surface area (Å²) < 4.78 is 12.8. The minimum atomic E-state index is -0.307. The number of carbonyl (C=O) groups is 1. The van der Waals surface area contributed by atoms with E-state index in [4.69, 9.17) is 20.8 Å². The quantitative estimate of drug-likeness (QED) is 0.550. The number of aryl methyl sites for hydroxylation is 1. The fourth-order valence-corrected chi connectivity index (χ4v) is 2.74. The zero-order chi connectivity index (χ0) is 19.9. The average Bonchev–Trinajstić information content (AvgIpc) is 3.35. The van der Waals surface area contributed by atoms with Gasteiger partial charge in [-0.05, 0) is 30.5 Å². The van der Waals surface area contributed by atoms with Gasteiger partial charge in [-0.3, -0.25) is 9.48 Å². The molecular weight excluding hydrogens is 382 g/mol. The van der Waals surface area contributed by atoms with Gasteiger partial charge >= 0.3 is 0 Å². The van der Waals surface area contributed by atoms with E-state index in [1.165, 1.54) is 12.7 Å². The Morgan fingerprint density at radius 3 is 2.96 bits per heavy atom. The maximum absolute atomic E-state index is 12.5. The number of halogens is 1. The van der Waals surface area contributed by atoms with Crippen LogP contribution in [-0.4, -0.2) is 38.8 Å². The van der Waals surface area contributed by atoms with Gasteiger partial charge in [0.15, 0.2) is 17.8 Å². The van der Waals surface area contributed by atoms with E-state index in [9.17, 15) is 4.79 Å². The second kappa shape index (κ2) is 9.36. The van der Waals surface area contributed by atoms with Crippen LogP contribution in [0.4, 0.5) is 0 Å². The fourth-order valence-electron chi connectivity index (χ4n) is 2.50. The molecule has 0 atom stereocenters. The molecule has 0 aliphatic carbocycles. The standard InChI is InChI=1S/C19H22ClN5O3/c1-13(2)9-27-16-5-4-14(8-15(16)20)18-17(23-12-28-18)19(26)22-6-3-7-25-11-21-10-24-25/h4-5,8,10-13H,3,6-7,9H2,1-2H3,(H,22,26). The summed E-state index contributed by atoms with van der Waals surface area (Å²) in [7, 11) is 0. The van der Waals surface area contributed by atoms with Crippen molar-refractivity contribution < 1.29 is 13.9 Å². The second-order valence-electron chi connectivity index (χ2n) is 6.65. The Balaban J connectivity index is 1.62. The van der Waals surface area contributed by atoms with Crippen molar-refractivity contribution in [1.82, 2.24) is 25.1 Å². The highest BCUT2D eigenvalue weighted by Crippen LogP contribution is 2.32. The highest BCUT2D eigenvalue weighted by Gasteiger charge is 2.19. The van der Waals surface area contributed by atoms with Crippen LogP contribution in [0.25, 0.3) is 11.3 Å². The molecule has 0 aliphatic heterocycles. The van der Waals surface area contributed by atoms with Gasteiger partial charge in [-0.25, -0.2) is 9.97 Å². The minimum Gasteiger partial charge on any atom is -0.492 e. The summed E-state index contributed by atoms with van der Waals surface area (Å²) in [4.78, 5) is 20.4. The Hall–Kier alpha value is -2.87. The van der Waals surface area contributed by atoms with Crippen LogP contribution in [-0.2, 0) is 6.54 Å². The van der Waals surface area contributed by atoms with Crippen molar-refractivity contribution in [3.63, 3.8) is 0 Å². The lowest BCUT2D eigenvalue weighted by Crippen LogP contribution is -2.26. The molecule has 1 N–H and O–H groups in total. The van der Waals surface area contributed by atoms with Crippen LogP contribution < -0.4 is 10.1 Å². The molecule has 3 rings (SSSR count). The molecule has 2 aromatic heterocycles. The van der Waals surface area contributed by atoms with Gasteiger partial charge in [-0.2, -0.15) is 5.10 Å². The number of carbonyl (C=O) groups excluding carboxylic acids is 1. The lowest BCUT2D eigenvalue weighted by atomic mass is 10.1. The number of ether oxygens (including phenoxy) is 1. The smallest absolute Gasteiger partial charge is 0.273 e. The molecule has 0 bridgehead atoms. The average molecular weight is 404 g/mol. The number of amides is 1. The van der Waals surface area contributed by atoms with Gasteiger partial charge in [-0.15, -0.1) is 0 Å². The summed E-state index contributed by atoms with van der Waals surface area (Å²) in [5.74, 6) is 1.05. The Bertz CT molecular complexity index is 908. The third kappa shape index (κ3) is 5.10. The molecule has 0 fully saturated rings. The van der Waals surface area contributed by atoms with Gasteiger partial charge in [0.2, 0.25) is 0 Å². The number of hydrogen-bond donors (Lipinski definition) is 1. The summed E-state index contributed by atoms with van der Waals surface area (Å²) in [5, 5.41) is 7.31. The molecule has 1 aromatic carbocycles. The van der Waals surface area contributed by atoms with E-state index in [0.29, 0.717) is 47.7 Å². The summed E-state index contributed by atoms with van der Waals surface area (Å²) in [6.07, 6.45) is 5.08. The minimum absolute atomic E-state index is 0.215. The molecule has 8 nitrogen and oxygen atoms in total. The van der Waals surface area contributed by atoms with E-state index < -0.39 is 0 Å². The van der Waals surface area contributed by atoms with Crippen molar-refractivity contribution >= 4 is 17.5 Å². The van der Waals surface area contributed by atoms with Gasteiger partial charge in [0, 0.05) is 18.7 Å². The first-order valence-electron chi connectivity index (χ1n) is 9.01. The first-order chi connectivity index (χ1) is 13.5. The van der Waals surface area contributed by atoms with E-state index >= 15 is 0 Å². The molecule has 0 aliphatic rings. The van der Waals surface area contributed by atoms with Crippen molar-refractivity contribution in [2.45, 2.75) is 26.8 Å². The molecule has 3 aromatic rings. The molecule has 9 heteroatoms. The zero-order valence-corrected chi connectivity index (χ0v) is 16.5. The molecule has 0 spiro atoms. The summed E-state index contributed by atoms with van der Waals surface area (Å²) in [6.45, 7) is 5.85. The van der Waals surface area contributed by atoms with E-state index in [1.54, 1.807) is 29.2 Å². The van der Waals surface area contributed by atoms with Crippen LogP contribution in [0, 0.1) is 5.92 Å². The van der Waals surface area contributed by atoms with E-state index in [-0.39, 0.29) is 11.6 Å². The Morgan fingerprint density at radius 1 is 1.39 bits per heavy atom. The lowest BCUT2D eigenvalue weighted by Gasteiger charge is -2.11. The SMILES string of the molecule is CC(C)COc1ccc(-c2ocnc2C(=O)NCCCn2cncn2)cc1Cl. The number of rotatable bonds is 9. The van der Waals surface area contributed by atoms with Crippen LogP contribution in [0.15, 0.2) is 41.7 Å². The topological polar surface area (TPSA) is 95.1 Å². The summed E-state index contributed by atoms with van der Waals surface area (Å²) in [5.41, 5.74) is 0.875. The van der Waals surface area contributed by atoms with Gasteiger partial charge < -0.3 is 14.5 Å². The predicted molar refractivity (Wildman–Crippen MR) is 104 cm³/mol. The van der Waals surface area contributed by atoms with Crippen LogP contribution >= 0.6 is 11.6 Å². The Labute approximate surface area is 167 Å². The number of aromatic nitrogens is 4. The number of nitrogens with zero attached hydrogens (tertiary/aromatic N) is 4. The van der Waals surface area contributed by atoms with Gasteiger partial charge in [-0.1, -0.05) is 25.4 Å². The predicted octanol–water partition coefficient (Wildman–Crippen LogP) is 3.44. The molecule has 2 heterocycles. The Kier molecular flexibility index (Phi) is 6.65. The third-order valence-corrected chi connectivity index (χ3v) is 4.16. The van der Waals surface area contributed by atoms with Gasteiger partial charge in [0.25, 0.3) is 5.91 Å². The molecule has 1 amide bonds. The maximum Gasteiger partial charge on any atom is 0.273 e. The summed E-state index contributed by atoms with van der Waals surface area (Å²) >= 11 is 6.31. The molecule has 0 unspecified atom stereocenters. The first-order valence-corrected chi connectivity index (χ1v) is 9.39. The highest BCUT2D eigenvalue weighted by atomic mass is 35.5.